The Labute approximate surface area is 97.5 Å². The Hall–Kier alpha value is -1.06. The third kappa shape index (κ3) is 2.70. The van der Waals surface area contributed by atoms with Crippen LogP contribution in [0.3, 0.4) is 0 Å². The molecule has 2 aromatic heterocycles. The summed E-state index contributed by atoms with van der Waals surface area (Å²) in [5, 5.41) is 2.49. The molecule has 0 aliphatic rings. The molecule has 0 amide bonds. The van der Waals surface area contributed by atoms with Crippen LogP contribution in [0.5, 0.6) is 5.75 Å². The molecular weight excluding hydrogens is 230 g/mol. The van der Waals surface area contributed by atoms with Crippen molar-refractivity contribution in [2.45, 2.75) is 13.5 Å². The molecule has 0 saturated heterocycles. The number of hydrogen-bond donors (Lipinski definition) is 0. The zero-order valence-electron chi connectivity index (χ0n) is 8.24. The van der Waals surface area contributed by atoms with E-state index in [0.29, 0.717) is 11.8 Å². The first-order valence-corrected chi connectivity index (χ1v) is 5.79. The van der Waals surface area contributed by atoms with E-state index < -0.39 is 0 Å². The van der Waals surface area contributed by atoms with Crippen molar-refractivity contribution in [3.05, 3.63) is 45.4 Å². The summed E-state index contributed by atoms with van der Waals surface area (Å²) < 4.78 is 5.65. The lowest BCUT2D eigenvalue weighted by atomic mass is 10.3. The van der Waals surface area contributed by atoms with Crippen LogP contribution < -0.4 is 4.74 Å². The highest BCUT2D eigenvalue weighted by Gasteiger charge is 2.02. The Morgan fingerprint density at radius 3 is 3.13 bits per heavy atom. The monoisotopic (exact) mass is 239 g/mol. The molecule has 78 valence electrons. The number of rotatable bonds is 3. The van der Waals surface area contributed by atoms with Crippen LogP contribution in [0.25, 0.3) is 0 Å². The van der Waals surface area contributed by atoms with Crippen molar-refractivity contribution in [1.29, 1.82) is 0 Å². The van der Waals surface area contributed by atoms with Crippen LogP contribution in [0.15, 0.2) is 29.8 Å². The van der Waals surface area contributed by atoms with E-state index in [2.05, 4.69) is 4.98 Å². The second-order valence-corrected chi connectivity index (χ2v) is 4.56. The predicted molar refractivity (Wildman–Crippen MR) is 62.6 cm³/mol. The molecule has 0 bridgehead atoms. The van der Waals surface area contributed by atoms with Crippen LogP contribution in [0, 0.1) is 6.92 Å². The highest BCUT2D eigenvalue weighted by molar-refractivity contribution is 7.09. The van der Waals surface area contributed by atoms with Gasteiger partial charge in [0.2, 0.25) is 0 Å². The molecule has 0 unspecified atom stereocenters. The Morgan fingerprint density at radius 1 is 1.53 bits per heavy atom. The van der Waals surface area contributed by atoms with Crippen LogP contribution in [-0.2, 0) is 6.61 Å². The van der Waals surface area contributed by atoms with E-state index >= 15 is 0 Å². The molecule has 0 radical (unpaired) electrons. The summed E-state index contributed by atoms with van der Waals surface area (Å²) >= 11 is 7.47. The quantitative estimate of drug-likeness (QED) is 0.763. The fourth-order valence-corrected chi connectivity index (χ4v) is 1.94. The first-order valence-electron chi connectivity index (χ1n) is 4.53. The number of aryl methyl sites for hydroxylation is 1. The van der Waals surface area contributed by atoms with Gasteiger partial charge in [0.05, 0.1) is 0 Å². The van der Waals surface area contributed by atoms with Crippen LogP contribution in [0.4, 0.5) is 0 Å². The lowest BCUT2D eigenvalue weighted by Gasteiger charge is -2.07. The lowest BCUT2D eigenvalue weighted by Crippen LogP contribution is -1.95. The van der Waals surface area contributed by atoms with E-state index in [9.17, 15) is 0 Å². The van der Waals surface area contributed by atoms with Gasteiger partial charge in [-0.3, -0.25) is 0 Å². The normalized spacial score (nSPS) is 10.3. The van der Waals surface area contributed by atoms with E-state index in [1.165, 1.54) is 4.88 Å². The Morgan fingerprint density at radius 2 is 2.40 bits per heavy atom. The molecule has 0 aliphatic carbocycles. The van der Waals surface area contributed by atoms with Gasteiger partial charge in [-0.1, -0.05) is 17.7 Å². The number of nitrogens with zero attached hydrogens (tertiary/aromatic N) is 1. The molecule has 15 heavy (non-hydrogen) atoms. The van der Waals surface area contributed by atoms with Crippen LogP contribution >= 0.6 is 22.9 Å². The minimum Gasteiger partial charge on any atom is -0.488 e. The molecule has 2 rings (SSSR count). The molecule has 0 aromatic carbocycles. The van der Waals surface area contributed by atoms with Crippen molar-refractivity contribution in [3.63, 3.8) is 0 Å². The van der Waals surface area contributed by atoms with Crippen LogP contribution in [0.2, 0.25) is 5.15 Å². The summed E-state index contributed by atoms with van der Waals surface area (Å²) in [6, 6.07) is 5.79. The van der Waals surface area contributed by atoms with Crippen molar-refractivity contribution in [3.8, 4) is 5.75 Å². The number of thiophene rings is 1. The average Bonchev–Trinajstić information content (AvgIpc) is 2.72. The molecule has 2 nitrogen and oxygen atoms in total. The van der Waals surface area contributed by atoms with E-state index in [1.807, 2.05) is 24.4 Å². The maximum Gasteiger partial charge on any atom is 0.132 e. The predicted octanol–water partition coefficient (Wildman–Crippen LogP) is 3.68. The Balaban J connectivity index is 2.07. The molecule has 0 N–H and O–H groups in total. The maximum absolute atomic E-state index is 5.79. The van der Waals surface area contributed by atoms with E-state index in [-0.39, 0.29) is 0 Å². The highest BCUT2D eigenvalue weighted by Crippen LogP contribution is 2.22. The summed E-state index contributed by atoms with van der Waals surface area (Å²) in [5.74, 6) is 0.795. The molecule has 0 spiro atoms. The smallest absolute Gasteiger partial charge is 0.132 e. The topological polar surface area (TPSA) is 22.1 Å². The molecule has 4 heteroatoms. The zero-order valence-corrected chi connectivity index (χ0v) is 9.81. The molecule has 2 heterocycles. The molecule has 0 fully saturated rings. The van der Waals surface area contributed by atoms with Gasteiger partial charge >= 0.3 is 0 Å². The number of aromatic nitrogens is 1. The van der Waals surface area contributed by atoms with E-state index in [4.69, 9.17) is 16.3 Å². The fourth-order valence-electron chi connectivity index (χ4n) is 1.18. The van der Waals surface area contributed by atoms with Crippen molar-refractivity contribution < 1.29 is 4.74 Å². The number of pyridine rings is 1. The summed E-state index contributed by atoms with van der Waals surface area (Å²) in [6.45, 7) is 2.53. The largest absolute Gasteiger partial charge is 0.488 e. The summed E-state index contributed by atoms with van der Waals surface area (Å²) in [7, 11) is 0. The van der Waals surface area contributed by atoms with Crippen molar-refractivity contribution in [2.75, 3.05) is 0 Å². The minimum absolute atomic E-state index is 0.460. The fraction of sp³-hybridized carbons (Fsp3) is 0.182. The standard InChI is InChI=1S/C11H10ClNOS/c1-8-6-13-11(12)5-10(8)14-7-9-3-2-4-15-9/h2-6H,7H2,1H3. The summed E-state index contributed by atoms with van der Waals surface area (Å²) in [4.78, 5) is 5.17. The van der Waals surface area contributed by atoms with Gasteiger partial charge in [-0.2, -0.15) is 0 Å². The summed E-state index contributed by atoms with van der Waals surface area (Å²) in [6.07, 6.45) is 1.71. The van der Waals surface area contributed by atoms with Gasteiger partial charge in [-0.25, -0.2) is 4.98 Å². The number of hydrogen-bond acceptors (Lipinski definition) is 3. The summed E-state index contributed by atoms with van der Waals surface area (Å²) in [5.41, 5.74) is 0.996. The molecule has 2 aromatic rings. The molecule has 0 saturated carbocycles. The first kappa shape index (κ1) is 10.5. The highest BCUT2D eigenvalue weighted by atomic mass is 35.5. The average molecular weight is 240 g/mol. The van der Waals surface area contributed by atoms with Gasteiger partial charge in [-0.05, 0) is 18.4 Å². The molecule has 0 atom stereocenters. The van der Waals surface area contributed by atoms with Crippen LogP contribution in [0.1, 0.15) is 10.4 Å². The van der Waals surface area contributed by atoms with Gasteiger partial charge in [0.25, 0.3) is 0 Å². The number of halogens is 1. The maximum atomic E-state index is 5.79. The Bertz CT molecular complexity index is 442. The van der Waals surface area contributed by atoms with Crippen molar-refractivity contribution in [1.82, 2.24) is 4.98 Å². The van der Waals surface area contributed by atoms with E-state index in [0.717, 1.165) is 11.3 Å². The molecule has 0 aliphatic heterocycles. The van der Waals surface area contributed by atoms with Gasteiger partial charge in [-0.15, -0.1) is 11.3 Å². The van der Waals surface area contributed by atoms with Gasteiger partial charge in [0.1, 0.15) is 17.5 Å². The van der Waals surface area contributed by atoms with E-state index in [1.54, 1.807) is 23.6 Å². The zero-order chi connectivity index (χ0) is 10.7. The minimum atomic E-state index is 0.460. The number of ether oxygens (including phenoxy) is 1. The van der Waals surface area contributed by atoms with Gasteiger partial charge in [0, 0.05) is 22.7 Å². The second-order valence-electron chi connectivity index (χ2n) is 3.14. The van der Waals surface area contributed by atoms with Gasteiger partial charge < -0.3 is 4.74 Å². The third-order valence-electron chi connectivity index (χ3n) is 1.97. The Kier molecular flexibility index (Phi) is 3.23. The second kappa shape index (κ2) is 4.64. The lowest BCUT2D eigenvalue weighted by molar-refractivity contribution is 0.307. The first-order chi connectivity index (χ1) is 7.25. The van der Waals surface area contributed by atoms with Crippen molar-refractivity contribution >= 4 is 22.9 Å². The SMILES string of the molecule is Cc1cnc(Cl)cc1OCc1cccs1. The van der Waals surface area contributed by atoms with Crippen molar-refractivity contribution in [2.24, 2.45) is 0 Å². The third-order valence-corrected chi connectivity index (χ3v) is 3.03. The molecular formula is C11H10ClNOS. The van der Waals surface area contributed by atoms with Gasteiger partial charge in [0.15, 0.2) is 0 Å². The van der Waals surface area contributed by atoms with Crippen LogP contribution in [-0.4, -0.2) is 4.98 Å².